The predicted octanol–water partition coefficient (Wildman–Crippen LogP) is 1.31. The zero-order valence-corrected chi connectivity index (χ0v) is 11.8. The lowest BCUT2D eigenvalue weighted by Gasteiger charge is -2.45. The number of carboxylic acids is 1. The van der Waals surface area contributed by atoms with Crippen LogP contribution < -0.4 is 10.6 Å². The highest BCUT2D eigenvalue weighted by Gasteiger charge is 2.40. The van der Waals surface area contributed by atoms with E-state index in [0.29, 0.717) is 0 Å². The van der Waals surface area contributed by atoms with E-state index < -0.39 is 5.97 Å². The maximum atomic E-state index is 10.9. The van der Waals surface area contributed by atoms with Crippen molar-refractivity contribution in [3.8, 4) is 0 Å². The Bertz CT molecular complexity index is 255. The van der Waals surface area contributed by atoms with Gasteiger partial charge in [0, 0.05) is 24.4 Å². The van der Waals surface area contributed by atoms with Gasteiger partial charge in [-0.15, -0.1) is 0 Å². The van der Waals surface area contributed by atoms with E-state index in [2.05, 4.69) is 30.7 Å². The molecule has 0 spiro atoms. The van der Waals surface area contributed by atoms with Crippen LogP contribution in [0.2, 0.25) is 0 Å². The Morgan fingerprint density at radius 3 is 2.35 bits per heavy atom. The first-order chi connectivity index (χ1) is 8.01. The first-order valence-electron chi connectivity index (χ1n) is 6.24. The van der Waals surface area contributed by atoms with Crippen molar-refractivity contribution in [2.45, 2.75) is 43.4 Å². The van der Waals surface area contributed by atoms with Crippen molar-refractivity contribution < 1.29 is 9.90 Å². The minimum absolute atomic E-state index is 0.206. The number of nitrogens with one attached hydrogen (secondary N) is 2. The summed E-state index contributed by atoms with van der Waals surface area (Å²) in [6.07, 6.45) is 4.55. The minimum atomic E-state index is -0.721. The lowest BCUT2D eigenvalue weighted by Crippen LogP contribution is -2.69. The average molecular weight is 260 g/mol. The molecule has 0 bridgehead atoms. The average Bonchev–Trinajstić information content (AvgIpc) is 2.27. The van der Waals surface area contributed by atoms with Crippen LogP contribution in [0.4, 0.5) is 0 Å². The fourth-order valence-corrected chi connectivity index (χ4v) is 3.03. The van der Waals surface area contributed by atoms with Crippen LogP contribution in [0.1, 0.15) is 33.1 Å². The van der Waals surface area contributed by atoms with Gasteiger partial charge in [0.2, 0.25) is 0 Å². The molecule has 1 saturated heterocycles. The van der Waals surface area contributed by atoms with Gasteiger partial charge < -0.3 is 15.7 Å². The first kappa shape index (κ1) is 14.8. The van der Waals surface area contributed by atoms with Gasteiger partial charge in [0.05, 0.1) is 12.0 Å². The third-order valence-electron chi connectivity index (χ3n) is 3.92. The summed E-state index contributed by atoms with van der Waals surface area (Å²) in [6, 6.07) is 0. The topological polar surface area (TPSA) is 61.4 Å². The molecule has 1 fully saturated rings. The highest BCUT2D eigenvalue weighted by molar-refractivity contribution is 8.00. The second-order valence-electron chi connectivity index (χ2n) is 4.90. The fourth-order valence-electron chi connectivity index (χ4n) is 2.24. The van der Waals surface area contributed by atoms with Gasteiger partial charge in [-0.2, -0.15) is 11.8 Å². The van der Waals surface area contributed by atoms with Crippen LogP contribution in [-0.4, -0.2) is 47.3 Å². The van der Waals surface area contributed by atoms with Crippen LogP contribution in [0.25, 0.3) is 0 Å². The summed E-state index contributed by atoms with van der Waals surface area (Å²) in [5.41, 5.74) is -0.225. The SMILES string of the molecule is CCC(CC)(CNC1(CC(=O)O)CNC1)SC. The largest absolute Gasteiger partial charge is 0.481 e. The third kappa shape index (κ3) is 3.60. The van der Waals surface area contributed by atoms with Gasteiger partial charge in [-0.25, -0.2) is 0 Å². The molecule has 0 radical (unpaired) electrons. The van der Waals surface area contributed by atoms with Crippen LogP contribution in [0, 0.1) is 0 Å². The molecular formula is C12H24N2O2S. The van der Waals surface area contributed by atoms with Crippen molar-refractivity contribution in [1.82, 2.24) is 10.6 Å². The monoisotopic (exact) mass is 260 g/mol. The van der Waals surface area contributed by atoms with Crippen LogP contribution in [0.3, 0.4) is 0 Å². The molecular weight excluding hydrogens is 236 g/mol. The Morgan fingerprint density at radius 1 is 1.47 bits per heavy atom. The summed E-state index contributed by atoms with van der Waals surface area (Å²) in [6.45, 7) is 6.81. The standard InChI is InChI=1S/C12H24N2O2S/c1-4-12(5-2,17-3)9-14-11(6-10(15)16)7-13-8-11/h13-14H,4-9H2,1-3H3,(H,15,16). The smallest absolute Gasteiger partial charge is 0.305 e. The zero-order valence-electron chi connectivity index (χ0n) is 11.0. The van der Waals surface area contributed by atoms with Gasteiger partial charge in [0.25, 0.3) is 0 Å². The zero-order chi connectivity index (χ0) is 12.9. The van der Waals surface area contributed by atoms with E-state index in [0.717, 1.165) is 32.5 Å². The van der Waals surface area contributed by atoms with Crippen molar-refractivity contribution >= 4 is 17.7 Å². The van der Waals surface area contributed by atoms with Crippen molar-refractivity contribution in [1.29, 1.82) is 0 Å². The molecule has 0 unspecified atom stereocenters. The Morgan fingerprint density at radius 2 is 2.06 bits per heavy atom. The van der Waals surface area contributed by atoms with Crippen LogP contribution >= 0.6 is 11.8 Å². The number of aliphatic carboxylic acids is 1. The van der Waals surface area contributed by atoms with Gasteiger partial charge >= 0.3 is 5.97 Å². The van der Waals surface area contributed by atoms with Crippen LogP contribution in [0.15, 0.2) is 0 Å². The van der Waals surface area contributed by atoms with E-state index in [1.54, 1.807) is 0 Å². The molecule has 0 aromatic rings. The molecule has 1 rings (SSSR count). The molecule has 4 nitrogen and oxygen atoms in total. The van der Waals surface area contributed by atoms with Crippen molar-refractivity contribution in [3.05, 3.63) is 0 Å². The van der Waals surface area contributed by atoms with Gasteiger partial charge in [-0.05, 0) is 19.1 Å². The van der Waals surface area contributed by atoms with Crippen LogP contribution in [0.5, 0.6) is 0 Å². The molecule has 0 amide bonds. The molecule has 5 heteroatoms. The van der Waals surface area contributed by atoms with Gasteiger partial charge in [-0.1, -0.05) is 13.8 Å². The molecule has 0 aromatic heterocycles. The first-order valence-corrected chi connectivity index (χ1v) is 7.46. The van der Waals surface area contributed by atoms with Crippen LogP contribution in [-0.2, 0) is 4.79 Å². The lowest BCUT2D eigenvalue weighted by atomic mass is 9.87. The van der Waals surface area contributed by atoms with E-state index in [4.69, 9.17) is 5.11 Å². The van der Waals surface area contributed by atoms with Crippen molar-refractivity contribution in [2.75, 3.05) is 25.9 Å². The molecule has 3 N–H and O–H groups in total. The van der Waals surface area contributed by atoms with E-state index in [1.165, 1.54) is 0 Å². The molecule has 0 aromatic carbocycles. The quantitative estimate of drug-likeness (QED) is 0.614. The number of hydrogen-bond donors (Lipinski definition) is 3. The lowest BCUT2D eigenvalue weighted by molar-refractivity contribution is -0.139. The maximum absolute atomic E-state index is 10.9. The number of rotatable bonds is 8. The molecule has 17 heavy (non-hydrogen) atoms. The molecule has 0 atom stereocenters. The maximum Gasteiger partial charge on any atom is 0.305 e. The molecule has 100 valence electrons. The Labute approximate surface area is 108 Å². The summed E-state index contributed by atoms with van der Waals surface area (Å²) >= 11 is 1.88. The van der Waals surface area contributed by atoms with E-state index in [9.17, 15) is 4.79 Å². The number of thioether (sulfide) groups is 1. The third-order valence-corrected chi connectivity index (χ3v) is 5.51. The van der Waals surface area contributed by atoms with E-state index in [-0.39, 0.29) is 16.7 Å². The number of carbonyl (C=O) groups is 1. The number of hydrogen-bond acceptors (Lipinski definition) is 4. The summed E-state index contributed by atoms with van der Waals surface area (Å²) in [7, 11) is 0. The molecule has 0 saturated carbocycles. The normalized spacial score (nSPS) is 18.8. The summed E-state index contributed by atoms with van der Waals surface area (Å²) in [4.78, 5) is 10.9. The van der Waals surface area contributed by atoms with Gasteiger partial charge in [0.1, 0.15) is 0 Å². The second-order valence-corrected chi connectivity index (χ2v) is 6.18. The van der Waals surface area contributed by atoms with Crippen molar-refractivity contribution in [2.24, 2.45) is 0 Å². The van der Waals surface area contributed by atoms with E-state index in [1.807, 2.05) is 11.8 Å². The molecule has 1 heterocycles. The minimum Gasteiger partial charge on any atom is -0.481 e. The molecule has 1 aliphatic heterocycles. The molecule has 0 aliphatic carbocycles. The predicted molar refractivity (Wildman–Crippen MR) is 72.7 cm³/mol. The summed E-state index contributed by atoms with van der Waals surface area (Å²) in [5, 5.41) is 15.6. The van der Waals surface area contributed by atoms with Crippen molar-refractivity contribution in [3.63, 3.8) is 0 Å². The summed E-state index contributed by atoms with van der Waals surface area (Å²) < 4.78 is 0.237. The Kier molecular flexibility index (Phi) is 5.28. The Hall–Kier alpha value is -0.260. The Balaban J connectivity index is 2.54. The van der Waals surface area contributed by atoms with Gasteiger partial charge in [0.15, 0.2) is 0 Å². The highest BCUT2D eigenvalue weighted by atomic mass is 32.2. The summed E-state index contributed by atoms with van der Waals surface area (Å²) in [5.74, 6) is -0.721. The van der Waals surface area contributed by atoms with Gasteiger partial charge in [-0.3, -0.25) is 4.79 Å². The second kappa shape index (κ2) is 6.07. The number of carboxylic acid groups (broad SMARTS) is 1. The van der Waals surface area contributed by atoms with E-state index >= 15 is 0 Å². The molecule has 1 aliphatic rings. The highest BCUT2D eigenvalue weighted by Crippen LogP contribution is 2.30. The fraction of sp³-hybridized carbons (Fsp3) is 0.917.